The van der Waals surface area contributed by atoms with Crippen LogP contribution in [0.4, 0.5) is 21.9 Å². The van der Waals surface area contributed by atoms with E-state index < -0.39 is 11.9 Å². The Hall–Kier alpha value is -3.55. The highest BCUT2D eigenvalue weighted by molar-refractivity contribution is 6.01. The monoisotopic (exact) mass is 370 g/mol. The summed E-state index contributed by atoms with van der Waals surface area (Å²) in [6, 6.07) is 11.7. The molecule has 0 heterocycles. The van der Waals surface area contributed by atoms with Crippen molar-refractivity contribution in [1.82, 2.24) is 5.32 Å². The number of rotatable bonds is 6. The predicted molar refractivity (Wildman–Crippen MR) is 104 cm³/mol. The Labute approximate surface area is 157 Å². The second-order valence-electron chi connectivity index (χ2n) is 5.82. The third-order valence-electron chi connectivity index (χ3n) is 3.50. The molecule has 0 aliphatic heterocycles. The standard InChI is InChI=1S/C19H22N4O4/c1-12-5-4-6-14(9-12)22-19(26)20-11-18(25)23-17-10-15(27-3)7-8-16(17)21-13(2)24/h4-10H,11H2,1-3H3,(H,21,24)(H,23,25)(H2,20,22,26). The van der Waals surface area contributed by atoms with Crippen molar-refractivity contribution in [2.45, 2.75) is 13.8 Å². The summed E-state index contributed by atoms with van der Waals surface area (Å²) in [4.78, 5) is 35.4. The van der Waals surface area contributed by atoms with Gasteiger partial charge in [-0.15, -0.1) is 0 Å². The molecule has 27 heavy (non-hydrogen) atoms. The molecule has 2 rings (SSSR count). The minimum Gasteiger partial charge on any atom is -0.497 e. The SMILES string of the molecule is COc1ccc(NC(C)=O)c(NC(=O)CNC(=O)Nc2cccc(C)c2)c1. The van der Waals surface area contributed by atoms with Crippen LogP contribution in [0.1, 0.15) is 12.5 Å². The molecule has 4 amide bonds. The average molecular weight is 370 g/mol. The molecule has 142 valence electrons. The number of benzene rings is 2. The summed E-state index contributed by atoms with van der Waals surface area (Å²) >= 11 is 0. The number of methoxy groups -OCH3 is 1. The van der Waals surface area contributed by atoms with Gasteiger partial charge in [0.05, 0.1) is 25.0 Å². The number of hydrogen-bond donors (Lipinski definition) is 4. The van der Waals surface area contributed by atoms with Gasteiger partial charge in [-0.25, -0.2) is 4.79 Å². The molecule has 0 aromatic heterocycles. The molecule has 0 saturated carbocycles. The van der Waals surface area contributed by atoms with Gasteiger partial charge in [0.1, 0.15) is 5.75 Å². The van der Waals surface area contributed by atoms with E-state index in [1.807, 2.05) is 25.1 Å². The van der Waals surface area contributed by atoms with Crippen LogP contribution in [-0.2, 0) is 9.59 Å². The van der Waals surface area contributed by atoms with Gasteiger partial charge >= 0.3 is 6.03 Å². The lowest BCUT2D eigenvalue weighted by molar-refractivity contribution is -0.115. The topological polar surface area (TPSA) is 109 Å². The van der Waals surface area contributed by atoms with Crippen molar-refractivity contribution in [2.24, 2.45) is 0 Å². The molecule has 0 aliphatic carbocycles. The lowest BCUT2D eigenvalue weighted by atomic mass is 10.2. The maximum atomic E-state index is 12.2. The first kappa shape index (κ1) is 19.8. The first-order chi connectivity index (χ1) is 12.9. The van der Waals surface area contributed by atoms with E-state index in [0.29, 0.717) is 22.8 Å². The van der Waals surface area contributed by atoms with Crippen LogP contribution < -0.4 is 26.0 Å². The Kier molecular flexibility index (Phi) is 6.76. The number of aryl methyl sites for hydroxylation is 1. The van der Waals surface area contributed by atoms with Crippen molar-refractivity contribution in [3.8, 4) is 5.75 Å². The Morgan fingerprint density at radius 2 is 1.74 bits per heavy atom. The molecular weight excluding hydrogens is 348 g/mol. The van der Waals surface area contributed by atoms with Crippen LogP contribution in [0.5, 0.6) is 5.75 Å². The summed E-state index contributed by atoms with van der Waals surface area (Å²) in [6.07, 6.45) is 0. The molecule has 8 heteroatoms. The van der Waals surface area contributed by atoms with Gasteiger partial charge in [-0.05, 0) is 36.8 Å². The van der Waals surface area contributed by atoms with E-state index >= 15 is 0 Å². The average Bonchev–Trinajstić information content (AvgIpc) is 2.61. The van der Waals surface area contributed by atoms with Crippen molar-refractivity contribution in [3.05, 3.63) is 48.0 Å². The number of urea groups is 1. The zero-order valence-electron chi connectivity index (χ0n) is 15.4. The lowest BCUT2D eigenvalue weighted by Crippen LogP contribution is -2.35. The van der Waals surface area contributed by atoms with Crippen molar-refractivity contribution in [3.63, 3.8) is 0 Å². The zero-order valence-corrected chi connectivity index (χ0v) is 15.4. The number of carbonyl (C=O) groups excluding carboxylic acids is 3. The largest absolute Gasteiger partial charge is 0.497 e. The van der Waals surface area contributed by atoms with E-state index in [4.69, 9.17) is 4.74 Å². The van der Waals surface area contributed by atoms with Crippen LogP contribution >= 0.6 is 0 Å². The van der Waals surface area contributed by atoms with Crippen molar-refractivity contribution in [1.29, 1.82) is 0 Å². The van der Waals surface area contributed by atoms with Gasteiger partial charge in [0.15, 0.2) is 0 Å². The van der Waals surface area contributed by atoms with Gasteiger partial charge in [0.25, 0.3) is 0 Å². The molecule has 0 fully saturated rings. The highest BCUT2D eigenvalue weighted by atomic mass is 16.5. The number of nitrogens with one attached hydrogen (secondary N) is 4. The summed E-state index contributed by atoms with van der Waals surface area (Å²) in [5.74, 6) is -0.204. The smallest absolute Gasteiger partial charge is 0.319 e. The molecule has 0 spiro atoms. The van der Waals surface area contributed by atoms with Gasteiger partial charge < -0.3 is 26.0 Å². The fourth-order valence-corrected chi connectivity index (χ4v) is 2.31. The third kappa shape index (κ3) is 6.35. The second-order valence-corrected chi connectivity index (χ2v) is 5.82. The molecule has 8 nitrogen and oxygen atoms in total. The molecule has 0 unspecified atom stereocenters. The van der Waals surface area contributed by atoms with E-state index in [2.05, 4.69) is 21.3 Å². The zero-order chi connectivity index (χ0) is 19.8. The lowest BCUT2D eigenvalue weighted by Gasteiger charge is -2.13. The summed E-state index contributed by atoms with van der Waals surface area (Å²) in [5, 5.41) is 10.4. The molecule has 0 atom stereocenters. The van der Waals surface area contributed by atoms with E-state index in [-0.39, 0.29) is 12.5 Å². The van der Waals surface area contributed by atoms with E-state index in [1.54, 1.807) is 24.3 Å². The molecule has 2 aromatic rings. The number of ether oxygens (including phenoxy) is 1. The number of amides is 4. The van der Waals surface area contributed by atoms with Gasteiger partial charge in [-0.2, -0.15) is 0 Å². The summed E-state index contributed by atoms with van der Waals surface area (Å²) in [5.41, 5.74) is 2.44. The predicted octanol–water partition coefficient (Wildman–Crippen LogP) is 2.72. The van der Waals surface area contributed by atoms with Crippen LogP contribution in [0.15, 0.2) is 42.5 Å². The van der Waals surface area contributed by atoms with Crippen LogP contribution in [0, 0.1) is 6.92 Å². The minimum absolute atomic E-state index is 0.242. The van der Waals surface area contributed by atoms with Gasteiger partial charge in [-0.1, -0.05) is 12.1 Å². The minimum atomic E-state index is -0.497. The van der Waals surface area contributed by atoms with Crippen LogP contribution in [0.2, 0.25) is 0 Å². The van der Waals surface area contributed by atoms with Gasteiger partial charge in [0, 0.05) is 18.7 Å². The number of anilines is 3. The third-order valence-corrected chi connectivity index (χ3v) is 3.50. The molecule has 0 aliphatic rings. The van der Waals surface area contributed by atoms with E-state index in [1.165, 1.54) is 14.0 Å². The van der Waals surface area contributed by atoms with Crippen LogP contribution in [-0.4, -0.2) is 31.5 Å². The summed E-state index contributed by atoms with van der Waals surface area (Å²) in [7, 11) is 1.50. The van der Waals surface area contributed by atoms with Crippen molar-refractivity contribution >= 4 is 34.9 Å². The molecule has 4 N–H and O–H groups in total. The Bertz CT molecular complexity index is 851. The first-order valence-corrected chi connectivity index (χ1v) is 8.24. The first-order valence-electron chi connectivity index (χ1n) is 8.24. The van der Waals surface area contributed by atoms with Crippen molar-refractivity contribution < 1.29 is 19.1 Å². The maximum absolute atomic E-state index is 12.2. The molecule has 0 saturated heterocycles. The second kappa shape index (κ2) is 9.23. The number of carbonyl (C=O) groups is 3. The van der Waals surface area contributed by atoms with E-state index in [0.717, 1.165) is 5.56 Å². The quantitative estimate of drug-likeness (QED) is 0.627. The molecule has 0 radical (unpaired) electrons. The fourth-order valence-electron chi connectivity index (χ4n) is 2.31. The van der Waals surface area contributed by atoms with Gasteiger partial charge in [-0.3, -0.25) is 9.59 Å². The van der Waals surface area contributed by atoms with Crippen LogP contribution in [0.25, 0.3) is 0 Å². The Morgan fingerprint density at radius 1 is 0.963 bits per heavy atom. The highest BCUT2D eigenvalue weighted by Crippen LogP contribution is 2.27. The Morgan fingerprint density at radius 3 is 2.41 bits per heavy atom. The molecule has 0 bridgehead atoms. The number of hydrogen-bond acceptors (Lipinski definition) is 4. The normalized spacial score (nSPS) is 9.89. The van der Waals surface area contributed by atoms with Crippen LogP contribution in [0.3, 0.4) is 0 Å². The van der Waals surface area contributed by atoms with Gasteiger partial charge in [0.2, 0.25) is 11.8 Å². The maximum Gasteiger partial charge on any atom is 0.319 e. The van der Waals surface area contributed by atoms with E-state index in [9.17, 15) is 14.4 Å². The van der Waals surface area contributed by atoms with Crippen molar-refractivity contribution in [2.75, 3.05) is 29.6 Å². The highest BCUT2D eigenvalue weighted by Gasteiger charge is 2.11. The fraction of sp³-hybridized carbons (Fsp3) is 0.211. The summed E-state index contributed by atoms with van der Waals surface area (Å²) < 4.78 is 5.13. The molecule has 2 aromatic carbocycles. The summed E-state index contributed by atoms with van der Waals surface area (Å²) in [6.45, 7) is 3.04. The Balaban J connectivity index is 1.94. The molecular formula is C19H22N4O4.